The summed E-state index contributed by atoms with van der Waals surface area (Å²) in [6, 6.07) is -1.32. The van der Waals surface area contributed by atoms with Gasteiger partial charge in [-0.15, -0.1) is 4.28 Å². The van der Waals surface area contributed by atoms with E-state index in [1.807, 2.05) is 53.0 Å². The third kappa shape index (κ3) is 7.32. The molecule has 3 aliphatic heterocycles. The van der Waals surface area contributed by atoms with E-state index in [0.29, 0.717) is 36.9 Å². The molecule has 1 unspecified atom stereocenters. The van der Waals surface area contributed by atoms with Gasteiger partial charge in [0.25, 0.3) is 0 Å². The molecule has 1 aromatic rings. The molecule has 4 rings (SSSR count). The van der Waals surface area contributed by atoms with Gasteiger partial charge in [-0.3, -0.25) is 4.55 Å². The van der Waals surface area contributed by atoms with E-state index >= 15 is 0 Å². The standard InChI is InChI=1S/C18H26N6O7S.C3H9N/c1-18(2,3)30-17(26)21-6-4-20(5-7-21)15-9-19-23(12-15)13-8-14-11-22(10-13)16(25)24(14)31-32(27,28)29;1-4(2)3/h8-9,12,14H,4-7,10-11H2,1-3H3,(H,27,28,29);1-3H3. The fourth-order valence-corrected chi connectivity index (χ4v) is 4.20. The molecule has 36 heavy (non-hydrogen) atoms. The fraction of sp³-hybridized carbons (Fsp3) is 0.667. The number of anilines is 1. The lowest BCUT2D eigenvalue weighted by molar-refractivity contribution is -0.0183. The molecule has 3 amide bonds. The summed E-state index contributed by atoms with van der Waals surface area (Å²) < 4.78 is 42.4. The Labute approximate surface area is 211 Å². The van der Waals surface area contributed by atoms with Crippen LogP contribution in [0, 0.1) is 0 Å². The number of ether oxygens (including phenoxy) is 1. The molecule has 4 heterocycles. The van der Waals surface area contributed by atoms with E-state index in [2.05, 4.69) is 14.3 Å². The van der Waals surface area contributed by atoms with Gasteiger partial charge in [0.15, 0.2) is 0 Å². The molecule has 0 radical (unpaired) electrons. The van der Waals surface area contributed by atoms with Gasteiger partial charge in [-0.2, -0.15) is 18.6 Å². The van der Waals surface area contributed by atoms with E-state index in [9.17, 15) is 18.0 Å². The molecule has 15 heteroatoms. The van der Waals surface area contributed by atoms with E-state index < -0.39 is 28.1 Å². The second kappa shape index (κ2) is 10.6. The Bertz CT molecular complexity index is 1090. The molecule has 202 valence electrons. The summed E-state index contributed by atoms with van der Waals surface area (Å²) in [6.07, 6.45) is 4.87. The van der Waals surface area contributed by atoms with Crippen molar-refractivity contribution in [3.05, 3.63) is 18.5 Å². The zero-order valence-electron chi connectivity index (χ0n) is 21.5. The molecule has 1 N–H and O–H groups in total. The van der Waals surface area contributed by atoms with Crippen LogP contribution in [0.4, 0.5) is 15.3 Å². The second-order valence-corrected chi connectivity index (χ2v) is 11.2. The predicted octanol–water partition coefficient (Wildman–Crippen LogP) is 0.813. The largest absolute Gasteiger partial charge is 0.444 e. The van der Waals surface area contributed by atoms with Crippen molar-refractivity contribution in [3.63, 3.8) is 0 Å². The monoisotopic (exact) mass is 529 g/mol. The van der Waals surface area contributed by atoms with Crippen LogP contribution in [0.2, 0.25) is 0 Å². The Balaban J connectivity index is 0.000000840. The van der Waals surface area contributed by atoms with Crippen molar-refractivity contribution in [1.29, 1.82) is 0 Å². The average molecular weight is 530 g/mol. The van der Waals surface area contributed by atoms with Crippen LogP contribution >= 0.6 is 0 Å². The van der Waals surface area contributed by atoms with Crippen molar-refractivity contribution in [3.8, 4) is 0 Å². The number of hydrogen-bond acceptors (Lipinski definition) is 9. The number of aromatic nitrogens is 2. The number of nitrogens with zero attached hydrogens (tertiary/aromatic N) is 7. The SMILES string of the molecule is CC(C)(C)OC(=O)N1CCN(c2cnn(C3=CC4CN(C3)C(=O)N4OS(=O)(=O)O)c2)CC1.CN(C)C. The van der Waals surface area contributed by atoms with Gasteiger partial charge in [0.1, 0.15) is 11.6 Å². The smallest absolute Gasteiger partial charge is 0.418 e. The van der Waals surface area contributed by atoms with Crippen molar-refractivity contribution in [1.82, 2.24) is 29.5 Å². The van der Waals surface area contributed by atoms with Gasteiger partial charge in [0, 0.05) is 32.7 Å². The van der Waals surface area contributed by atoms with Crippen LogP contribution in [0.25, 0.3) is 5.70 Å². The normalized spacial score (nSPS) is 20.4. The molecule has 0 aromatic carbocycles. The van der Waals surface area contributed by atoms with Crippen LogP contribution < -0.4 is 4.90 Å². The third-order valence-electron chi connectivity index (χ3n) is 5.24. The molecule has 14 nitrogen and oxygen atoms in total. The van der Waals surface area contributed by atoms with Crippen LogP contribution in [-0.2, 0) is 19.4 Å². The molecule has 0 saturated carbocycles. The first-order chi connectivity index (χ1) is 16.6. The molecule has 2 bridgehead atoms. The Hall–Kier alpha value is -2.88. The third-order valence-corrected chi connectivity index (χ3v) is 5.59. The number of hydrogen-bond donors (Lipinski definition) is 1. The molecule has 0 spiro atoms. The molecule has 2 fully saturated rings. The molecular weight excluding hydrogens is 494 g/mol. The van der Waals surface area contributed by atoms with E-state index in [1.165, 1.54) is 4.90 Å². The number of carbonyl (C=O) groups excluding carboxylic acids is 2. The molecule has 1 aromatic heterocycles. The van der Waals surface area contributed by atoms with Crippen LogP contribution in [-0.4, -0.2) is 127 Å². The quantitative estimate of drug-likeness (QED) is 0.557. The summed E-state index contributed by atoms with van der Waals surface area (Å²) in [5.41, 5.74) is 0.997. The van der Waals surface area contributed by atoms with Gasteiger partial charge >= 0.3 is 22.5 Å². The minimum atomic E-state index is -4.81. The first kappa shape index (κ1) is 27.7. The zero-order valence-corrected chi connectivity index (χ0v) is 22.3. The van der Waals surface area contributed by atoms with Gasteiger partial charge in [-0.05, 0) is 48.0 Å². The van der Waals surface area contributed by atoms with Gasteiger partial charge in [0.2, 0.25) is 0 Å². The topological polar surface area (TPSA) is 141 Å². The lowest BCUT2D eigenvalue weighted by atomic mass is 10.2. The van der Waals surface area contributed by atoms with Crippen molar-refractivity contribution < 1.29 is 31.6 Å². The maximum Gasteiger partial charge on any atom is 0.418 e. The highest BCUT2D eigenvalue weighted by Crippen LogP contribution is 2.28. The molecule has 3 aliphatic rings. The predicted molar refractivity (Wildman–Crippen MR) is 131 cm³/mol. The minimum absolute atomic E-state index is 0.216. The fourth-order valence-electron chi connectivity index (χ4n) is 3.83. The number of piperazine rings is 1. The number of hydroxylamine groups is 2. The maximum absolute atomic E-state index is 12.3. The van der Waals surface area contributed by atoms with Crippen LogP contribution in [0.15, 0.2) is 18.5 Å². The van der Waals surface area contributed by atoms with Crippen molar-refractivity contribution in [2.45, 2.75) is 32.4 Å². The molecular formula is C21H35N7O7S. The molecule has 0 aliphatic carbocycles. The van der Waals surface area contributed by atoms with E-state index in [4.69, 9.17) is 9.29 Å². The minimum Gasteiger partial charge on any atom is -0.444 e. The van der Waals surface area contributed by atoms with E-state index in [0.717, 1.165) is 5.69 Å². The highest BCUT2D eigenvalue weighted by molar-refractivity contribution is 7.80. The number of carbonyl (C=O) groups is 2. The van der Waals surface area contributed by atoms with Gasteiger partial charge in [-0.25, -0.2) is 14.3 Å². The summed E-state index contributed by atoms with van der Waals surface area (Å²) in [6.45, 7) is 8.25. The summed E-state index contributed by atoms with van der Waals surface area (Å²) in [7, 11) is 1.19. The van der Waals surface area contributed by atoms with Crippen LogP contribution in [0.3, 0.4) is 0 Å². The number of rotatable bonds is 4. The average Bonchev–Trinajstić information content (AvgIpc) is 3.31. The van der Waals surface area contributed by atoms with Crippen molar-refractivity contribution in [2.24, 2.45) is 0 Å². The Kier molecular flexibility index (Phi) is 8.17. The Morgan fingerprint density at radius 2 is 1.75 bits per heavy atom. The van der Waals surface area contributed by atoms with Crippen LogP contribution in [0.5, 0.6) is 0 Å². The summed E-state index contributed by atoms with van der Waals surface area (Å²) >= 11 is 0. The highest BCUT2D eigenvalue weighted by Gasteiger charge is 2.43. The van der Waals surface area contributed by atoms with E-state index in [-0.39, 0.29) is 19.2 Å². The summed E-state index contributed by atoms with van der Waals surface area (Å²) in [5.74, 6) is 0. The Morgan fingerprint density at radius 3 is 2.31 bits per heavy atom. The van der Waals surface area contributed by atoms with Gasteiger partial charge in [-0.1, -0.05) is 0 Å². The lowest BCUT2D eigenvalue weighted by Crippen LogP contribution is -2.50. The summed E-state index contributed by atoms with van der Waals surface area (Å²) in [4.78, 5) is 31.7. The van der Waals surface area contributed by atoms with Crippen LogP contribution in [0.1, 0.15) is 20.8 Å². The first-order valence-corrected chi connectivity index (χ1v) is 12.8. The highest BCUT2D eigenvalue weighted by atomic mass is 32.3. The molecule has 1 atom stereocenters. The summed E-state index contributed by atoms with van der Waals surface area (Å²) in [5, 5.41) is 5.02. The number of fused-ring (bicyclic) bond motifs is 2. The number of amides is 3. The van der Waals surface area contributed by atoms with E-state index in [1.54, 1.807) is 21.9 Å². The zero-order chi connectivity index (χ0) is 26.8. The Morgan fingerprint density at radius 1 is 1.14 bits per heavy atom. The van der Waals surface area contributed by atoms with Gasteiger partial charge < -0.3 is 24.3 Å². The molecule has 2 saturated heterocycles. The maximum atomic E-state index is 12.3. The number of urea groups is 1. The second-order valence-electron chi connectivity index (χ2n) is 10.2. The van der Waals surface area contributed by atoms with Gasteiger partial charge in [0.05, 0.1) is 30.3 Å². The van der Waals surface area contributed by atoms with Crippen molar-refractivity contribution in [2.75, 3.05) is 65.3 Å². The van der Waals surface area contributed by atoms with Crippen molar-refractivity contribution >= 4 is 33.9 Å². The lowest BCUT2D eigenvalue weighted by Gasteiger charge is -2.36. The first-order valence-electron chi connectivity index (χ1n) is 11.5.